The van der Waals surface area contributed by atoms with Crippen LogP contribution in [0.3, 0.4) is 0 Å². The molecule has 0 radical (unpaired) electrons. The first-order chi connectivity index (χ1) is 13.5. The van der Waals surface area contributed by atoms with Crippen molar-refractivity contribution < 1.29 is 23.5 Å². The van der Waals surface area contributed by atoms with E-state index < -0.39 is 11.6 Å². The second kappa shape index (κ2) is 7.23. The van der Waals surface area contributed by atoms with Crippen molar-refractivity contribution >= 4 is 27.9 Å². The minimum atomic E-state index is -0.479. The third-order valence-corrected chi connectivity index (χ3v) is 4.67. The molecule has 0 saturated carbocycles. The second-order valence-corrected chi connectivity index (χ2v) is 6.55. The van der Waals surface area contributed by atoms with E-state index >= 15 is 0 Å². The Balaban J connectivity index is 1.52. The predicted molar refractivity (Wildman–Crippen MR) is 103 cm³/mol. The molecule has 6 heteroatoms. The first kappa shape index (κ1) is 17.9. The average Bonchev–Trinajstić information content (AvgIpc) is 3.07. The number of furan rings is 1. The van der Waals surface area contributed by atoms with Crippen LogP contribution < -0.4 is 5.63 Å². The predicted octanol–water partition coefficient (Wildman–Crippen LogP) is 4.09. The number of fused-ring (bicyclic) bond motifs is 2. The Labute approximate surface area is 160 Å². The lowest BCUT2D eigenvalue weighted by Crippen LogP contribution is -2.09. The number of esters is 1. The molecule has 0 aliphatic rings. The van der Waals surface area contributed by atoms with Gasteiger partial charge in [-0.2, -0.15) is 0 Å². The summed E-state index contributed by atoms with van der Waals surface area (Å²) >= 11 is 0. The molecule has 0 aliphatic carbocycles. The Morgan fingerprint density at radius 2 is 1.82 bits per heavy atom. The third-order valence-electron chi connectivity index (χ3n) is 4.67. The standard InChI is InChI=1S/C22H18O6/c1-2-13-3-5-18-15(9-22(25)28-20(18)7-13)12-27-21(24)8-14-11-26-19-10-16(23)4-6-17(14)19/h3-7,9-11,23H,2,8,12H2,1H3. The lowest BCUT2D eigenvalue weighted by molar-refractivity contribution is -0.144. The van der Waals surface area contributed by atoms with Crippen LogP contribution in [0.15, 0.2) is 62.4 Å². The lowest BCUT2D eigenvalue weighted by atomic mass is 10.1. The van der Waals surface area contributed by atoms with Crippen molar-refractivity contribution in [3.63, 3.8) is 0 Å². The second-order valence-electron chi connectivity index (χ2n) is 6.55. The van der Waals surface area contributed by atoms with Gasteiger partial charge in [0.05, 0.1) is 12.7 Å². The van der Waals surface area contributed by atoms with Gasteiger partial charge in [0.15, 0.2) is 0 Å². The number of hydrogen-bond donors (Lipinski definition) is 1. The molecule has 0 saturated heterocycles. The summed E-state index contributed by atoms with van der Waals surface area (Å²) in [5.74, 6) is -0.348. The first-order valence-electron chi connectivity index (χ1n) is 8.94. The van der Waals surface area contributed by atoms with E-state index in [4.69, 9.17) is 13.6 Å². The normalized spacial score (nSPS) is 11.2. The van der Waals surface area contributed by atoms with Gasteiger partial charge in [-0.3, -0.25) is 4.79 Å². The first-order valence-corrected chi connectivity index (χ1v) is 8.94. The molecule has 1 N–H and O–H groups in total. The van der Waals surface area contributed by atoms with E-state index in [1.54, 1.807) is 6.07 Å². The van der Waals surface area contributed by atoms with E-state index in [1.165, 1.54) is 24.5 Å². The molecule has 0 fully saturated rings. The summed E-state index contributed by atoms with van der Waals surface area (Å²) in [6, 6.07) is 11.7. The zero-order chi connectivity index (χ0) is 19.7. The van der Waals surface area contributed by atoms with Gasteiger partial charge in [-0.05, 0) is 30.2 Å². The number of carbonyl (C=O) groups excluding carboxylic acids is 1. The van der Waals surface area contributed by atoms with Gasteiger partial charge in [-0.1, -0.05) is 19.1 Å². The zero-order valence-electron chi connectivity index (χ0n) is 15.2. The fourth-order valence-electron chi connectivity index (χ4n) is 3.19. The molecule has 0 atom stereocenters. The molecule has 0 unspecified atom stereocenters. The van der Waals surface area contributed by atoms with Gasteiger partial charge in [0.2, 0.25) is 0 Å². The molecule has 142 valence electrons. The number of phenols is 1. The Bertz CT molecular complexity index is 1230. The number of benzene rings is 2. The van der Waals surface area contributed by atoms with Crippen LogP contribution in [0.25, 0.3) is 21.9 Å². The molecule has 0 spiro atoms. The van der Waals surface area contributed by atoms with Crippen LogP contribution in [0.1, 0.15) is 23.6 Å². The Morgan fingerprint density at radius 1 is 1.04 bits per heavy atom. The number of phenolic OH excluding ortho intramolecular Hbond substituents is 1. The van der Waals surface area contributed by atoms with Gasteiger partial charge < -0.3 is 18.7 Å². The van der Waals surface area contributed by atoms with E-state index in [2.05, 4.69) is 0 Å². The maximum absolute atomic E-state index is 12.3. The molecule has 4 rings (SSSR count). The summed E-state index contributed by atoms with van der Waals surface area (Å²) in [5, 5.41) is 11.0. The molecule has 6 nitrogen and oxygen atoms in total. The van der Waals surface area contributed by atoms with Crippen molar-refractivity contribution in [3.05, 3.63) is 75.8 Å². The highest BCUT2D eigenvalue weighted by molar-refractivity contribution is 5.87. The molecule has 0 amide bonds. The van der Waals surface area contributed by atoms with Gasteiger partial charge in [0, 0.05) is 34.0 Å². The number of hydrogen-bond acceptors (Lipinski definition) is 6. The molecular weight excluding hydrogens is 360 g/mol. The summed E-state index contributed by atoms with van der Waals surface area (Å²) in [5.41, 5.74) is 2.84. The number of rotatable bonds is 5. The maximum atomic E-state index is 12.3. The third kappa shape index (κ3) is 3.49. The minimum absolute atomic E-state index is 0.0248. The number of aryl methyl sites for hydroxylation is 1. The van der Waals surface area contributed by atoms with Crippen molar-refractivity contribution in [1.82, 2.24) is 0 Å². The summed E-state index contributed by atoms with van der Waals surface area (Å²) in [6.45, 7) is 1.99. The van der Waals surface area contributed by atoms with Crippen LogP contribution in [0.2, 0.25) is 0 Å². The van der Waals surface area contributed by atoms with E-state index in [1.807, 2.05) is 25.1 Å². The van der Waals surface area contributed by atoms with Crippen molar-refractivity contribution in [1.29, 1.82) is 0 Å². The van der Waals surface area contributed by atoms with Crippen LogP contribution in [-0.2, 0) is 29.0 Å². The Morgan fingerprint density at radius 3 is 2.64 bits per heavy atom. The Hall–Kier alpha value is -3.54. The highest BCUT2D eigenvalue weighted by Gasteiger charge is 2.14. The van der Waals surface area contributed by atoms with Crippen LogP contribution in [0.5, 0.6) is 5.75 Å². The molecule has 4 aromatic rings. The maximum Gasteiger partial charge on any atom is 0.336 e. The van der Waals surface area contributed by atoms with Gasteiger partial charge in [0.25, 0.3) is 0 Å². The summed E-state index contributed by atoms with van der Waals surface area (Å²) in [7, 11) is 0. The fourth-order valence-corrected chi connectivity index (χ4v) is 3.19. The molecule has 0 aliphatic heterocycles. The van der Waals surface area contributed by atoms with Gasteiger partial charge >= 0.3 is 11.6 Å². The fraction of sp³-hybridized carbons (Fsp3) is 0.182. The molecule has 0 bridgehead atoms. The Kier molecular flexibility index (Phi) is 4.61. The molecular formula is C22H18O6. The summed E-state index contributed by atoms with van der Waals surface area (Å²) in [6.07, 6.45) is 2.33. The minimum Gasteiger partial charge on any atom is -0.508 e. The molecule has 2 aromatic carbocycles. The van der Waals surface area contributed by atoms with Gasteiger partial charge in [-0.25, -0.2) is 4.79 Å². The molecule has 2 heterocycles. The van der Waals surface area contributed by atoms with Crippen LogP contribution in [0.4, 0.5) is 0 Å². The van der Waals surface area contributed by atoms with Gasteiger partial charge in [0.1, 0.15) is 23.5 Å². The topological polar surface area (TPSA) is 89.9 Å². The highest BCUT2D eigenvalue weighted by atomic mass is 16.5. The summed E-state index contributed by atoms with van der Waals surface area (Å²) in [4.78, 5) is 24.1. The quantitative estimate of drug-likeness (QED) is 0.415. The summed E-state index contributed by atoms with van der Waals surface area (Å²) < 4.78 is 16.0. The highest BCUT2D eigenvalue weighted by Crippen LogP contribution is 2.26. The lowest BCUT2D eigenvalue weighted by Gasteiger charge is -2.08. The van der Waals surface area contributed by atoms with E-state index in [-0.39, 0.29) is 18.8 Å². The zero-order valence-corrected chi connectivity index (χ0v) is 15.2. The number of ether oxygens (including phenoxy) is 1. The van der Waals surface area contributed by atoms with Crippen molar-refractivity contribution in [3.8, 4) is 5.75 Å². The van der Waals surface area contributed by atoms with E-state index in [0.717, 1.165) is 22.8 Å². The number of aromatic hydroxyl groups is 1. The smallest absolute Gasteiger partial charge is 0.336 e. The number of carbonyl (C=O) groups is 1. The van der Waals surface area contributed by atoms with E-state index in [0.29, 0.717) is 22.3 Å². The molecule has 28 heavy (non-hydrogen) atoms. The molecule has 2 aromatic heterocycles. The SMILES string of the molecule is CCc1ccc2c(COC(=O)Cc3coc4cc(O)ccc34)cc(=O)oc2c1. The van der Waals surface area contributed by atoms with Crippen molar-refractivity contribution in [2.24, 2.45) is 0 Å². The van der Waals surface area contributed by atoms with Crippen LogP contribution in [-0.4, -0.2) is 11.1 Å². The van der Waals surface area contributed by atoms with Crippen LogP contribution in [0, 0.1) is 0 Å². The average molecular weight is 378 g/mol. The van der Waals surface area contributed by atoms with Crippen molar-refractivity contribution in [2.75, 3.05) is 0 Å². The van der Waals surface area contributed by atoms with Crippen LogP contribution >= 0.6 is 0 Å². The van der Waals surface area contributed by atoms with Gasteiger partial charge in [-0.15, -0.1) is 0 Å². The van der Waals surface area contributed by atoms with Crippen molar-refractivity contribution in [2.45, 2.75) is 26.4 Å². The largest absolute Gasteiger partial charge is 0.508 e. The van der Waals surface area contributed by atoms with E-state index in [9.17, 15) is 14.7 Å². The monoisotopic (exact) mass is 378 g/mol.